The van der Waals surface area contributed by atoms with Crippen LogP contribution >= 0.6 is 11.3 Å². The molecular weight excluding hydrogens is 310 g/mol. The summed E-state index contributed by atoms with van der Waals surface area (Å²) in [6.45, 7) is 4.65. The smallest absolute Gasteiger partial charge is 0.225 e. The van der Waals surface area contributed by atoms with Gasteiger partial charge in [0.1, 0.15) is 5.82 Å². The maximum atomic E-state index is 12.6. The molecule has 0 aliphatic carbocycles. The summed E-state index contributed by atoms with van der Waals surface area (Å²) in [7, 11) is 0. The van der Waals surface area contributed by atoms with Crippen LogP contribution < -0.4 is 4.90 Å². The minimum Gasteiger partial charge on any atom is -0.378 e. The number of hydrogen-bond donors (Lipinski definition) is 0. The van der Waals surface area contributed by atoms with Crippen molar-refractivity contribution in [1.82, 2.24) is 9.88 Å². The van der Waals surface area contributed by atoms with Crippen molar-refractivity contribution in [2.24, 2.45) is 5.92 Å². The summed E-state index contributed by atoms with van der Waals surface area (Å²) < 4.78 is 6.62. The van der Waals surface area contributed by atoms with E-state index in [1.165, 1.54) is 10.1 Å². The molecule has 1 amide bonds. The van der Waals surface area contributed by atoms with Crippen LogP contribution in [0.2, 0.25) is 0 Å². The lowest BCUT2D eigenvalue weighted by Gasteiger charge is -2.36. The first-order valence-corrected chi connectivity index (χ1v) is 9.14. The SMILES string of the molecule is O=C(C1CCN(c2nccc3sccc23)CC1)N1CCOCC1. The lowest BCUT2D eigenvalue weighted by Crippen LogP contribution is -2.46. The lowest BCUT2D eigenvalue weighted by molar-refractivity contribution is -0.140. The first-order valence-electron chi connectivity index (χ1n) is 8.26. The van der Waals surface area contributed by atoms with Crippen molar-refractivity contribution in [2.45, 2.75) is 12.8 Å². The Kier molecular flexibility index (Phi) is 4.18. The maximum Gasteiger partial charge on any atom is 0.225 e. The Balaban J connectivity index is 1.42. The largest absolute Gasteiger partial charge is 0.378 e. The summed E-state index contributed by atoms with van der Waals surface area (Å²) in [6.07, 6.45) is 3.72. The predicted octanol–water partition coefficient (Wildman–Crippen LogP) is 2.37. The van der Waals surface area contributed by atoms with Gasteiger partial charge in [0.2, 0.25) is 5.91 Å². The molecule has 2 saturated heterocycles. The summed E-state index contributed by atoms with van der Waals surface area (Å²) in [6, 6.07) is 4.21. The molecule has 2 aromatic rings. The maximum absolute atomic E-state index is 12.6. The fourth-order valence-corrected chi connectivity index (χ4v) is 4.29. The van der Waals surface area contributed by atoms with Crippen molar-refractivity contribution in [1.29, 1.82) is 0 Å². The molecule has 23 heavy (non-hydrogen) atoms. The number of piperidine rings is 1. The van der Waals surface area contributed by atoms with Gasteiger partial charge in [-0.15, -0.1) is 11.3 Å². The Morgan fingerprint density at radius 3 is 2.74 bits per heavy atom. The number of fused-ring (bicyclic) bond motifs is 1. The van der Waals surface area contributed by atoms with E-state index in [1.54, 1.807) is 11.3 Å². The first kappa shape index (κ1) is 14.9. The second-order valence-corrected chi connectivity index (χ2v) is 7.11. The second-order valence-electron chi connectivity index (χ2n) is 6.17. The highest BCUT2D eigenvalue weighted by Crippen LogP contribution is 2.31. The molecule has 0 N–H and O–H groups in total. The van der Waals surface area contributed by atoms with E-state index >= 15 is 0 Å². The van der Waals surface area contributed by atoms with Crippen LogP contribution in [0.5, 0.6) is 0 Å². The zero-order valence-electron chi connectivity index (χ0n) is 13.1. The van der Waals surface area contributed by atoms with Gasteiger partial charge < -0.3 is 14.5 Å². The lowest BCUT2D eigenvalue weighted by atomic mass is 9.95. The van der Waals surface area contributed by atoms with Gasteiger partial charge in [-0.25, -0.2) is 4.98 Å². The highest BCUT2D eigenvalue weighted by Gasteiger charge is 2.30. The third-order valence-corrected chi connectivity index (χ3v) is 5.71. The third kappa shape index (κ3) is 2.93. The second kappa shape index (κ2) is 6.45. The molecule has 0 aromatic carbocycles. The van der Waals surface area contributed by atoms with Gasteiger partial charge in [0.05, 0.1) is 13.2 Å². The molecule has 0 spiro atoms. The Bertz CT molecular complexity index is 688. The van der Waals surface area contributed by atoms with E-state index in [2.05, 4.69) is 27.4 Å². The summed E-state index contributed by atoms with van der Waals surface area (Å²) in [5, 5.41) is 3.35. The van der Waals surface area contributed by atoms with Crippen molar-refractivity contribution in [3.8, 4) is 0 Å². The molecule has 2 aliphatic rings. The fourth-order valence-electron chi connectivity index (χ4n) is 3.51. The predicted molar refractivity (Wildman–Crippen MR) is 92.0 cm³/mol. The molecule has 0 bridgehead atoms. The number of nitrogens with zero attached hydrogens (tertiary/aromatic N) is 3. The quantitative estimate of drug-likeness (QED) is 0.847. The van der Waals surface area contributed by atoms with Gasteiger partial charge in [-0.1, -0.05) is 0 Å². The van der Waals surface area contributed by atoms with Gasteiger partial charge in [-0.3, -0.25) is 4.79 Å². The standard InChI is InChI=1S/C17H21N3O2S/c21-17(20-8-10-22-11-9-20)13-2-6-19(7-3-13)16-14-4-12-23-15(14)1-5-18-16/h1,4-5,12-13H,2-3,6-11H2. The van der Waals surface area contributed by atoms with Gasteiger partial charge in [0, 0.05) is 48.4 Å². The van der Waals surface area contributed by atoms with Crippen LogP contribution in [0.1, 0.15) is 12.8 Å². The van der Waals surface area contributed by atoms with Crippen molar-refractivity contribution < 1.29 is 9.53 Å². The molecule has 4 rings (SSSR count). The minimum absolute atomic E-state index is 0.158. The Labute approximate surface area is 139 Å². The van der Waals surface area contributed by atoms with Crippen molar-refractivity contribution >= 4 is 33.1 Å². The normalized spacial score (nSPS) is 20.2. The number of ether oxygens (including phenoxy) is 1. The topological polar surface area (TPSA) is 45.7 Å². The molecule has 6 heteroatoms. The van der Waals surface area contributed by atoms with Gasteiger partial charge in [0.25, 0.3) is 0 Å². The molecule has 122 valence electrons. The number of carbonyl (C=O) groups is 1. The molecular formula is C17H21N3O2S. The molecule has 4 heterocycles. The molecule has 0 atom stereocenters. The van der Waals surface area contributed by atoms with Crippen LogP contribution in [0.15, 0.2) is 23.7 Å². The first-order chi connectivity index (χ1) is 11.3. The van der Waals surface area contributed by atoms with Crippen molar-refractivity contribution in [2.75, 3.05) is 44.3 Å². The summed E-state index contributed by atoms with van der Waals surface area (Å²) in [5.74, 6) is 1.54. The van der Waals surface area contributed by atoms with E-state index in [9.17, 15) is 4.79 Å². The van der Waals surface area contributed by atoms with E-state index < -0.39 is 0 Å². The zero-order chi connectivity index (χ0) is 15.6. The fraction of sp³-hybridized carbons (Fsp3) is 0.529. The molecule has 0 radical (unpaired) electrons. The number of morpholine rings is 1. The van der Waals surface area contributed by atoms with E-state index in [-0.39, 0.29) is 5.92 Å². The average molecular weight is 331 g/mol. The number of anilines is 1. The number of thiophene rings is 1. The van der Waals surface area contributed by atoms with Gasteiger partial charge in [-0.05, 0) is 30.4 Å². The van der Waals surface area contributed by atoms with E-state index in [0.29, 0.717) is 19.1 Å². The molecule has 2 aliphatic heterocycles. The summed E-state index contributed by atoms with van der Waals surface area (Å²) in [4.78, 5) is 21.5. The van der Waals surface area contributed by atoms with Crippen molar-refractivity contribution in [3.05, 3.63) is 23.7 Å². The minimum atomic E-state index is 0.158. The number of pyridine rings is 1. The highest BCUT2D eigenvalue weighted by molar-refractivity contribution is 7.17. The highest BCUT2D eigenvalue weighted by atomic mass is 32.1. The molecule has 2 aromatic heterocycles. The number of amides is 1. The molecule has 0 saturated carbocycles. The summed E-state index contributed by atoms with van der Waals surface area (Å²) >= 11 is 1.75. The van der Waals surface area contributed by atoms with E-state index in [1.807, 2.05) is 11.1 Å². The number of hydrogen-bond acceptors (Lipinski definition) is 5. The van der Waals surface area contributed by atoms with Crippen LogP contribution in [0, 0.1) is 5.92 Å². The van der Waals surface area contributed by atoms with Gasteiger partial charge in [-0.2, -0.15) is 0 Å². The van der Waals surface area contributed by atoms with Crippen LogP contribution in [-0.2, 0) is 9.53 Å². The van der Waals surface area contributed by atoms with Gasteiger partial charge >= 0.3 is 0 Å². The monoisotopic (exact) mass is 331 g/mol. The summed E-state index contributed by atoms with van der Waals surface area (Å²) in [5.41, 5.74) is 0. The van der Waals surface area contributed by atoms with Crippen molar-refractivity contribution in [3.63, 3.8) is 0 Å². The van der Waals surface area contributed by atoms with Gasteiger partial charge in [0.15, 0.2) is 0 Å². The number of rotatable bonds is 2. The zero-order valence-corrected chi connectivity index (χ0v) is 13.9. The Morgan fingerprint density at radius 1 is 1.17 bits per heavy atom. The number of aromatic nitrogens is 1. The Hall–Kier alpha value is -1.66. The van der Waals surface area contributed by atoms with Crippen LogP contribution in [0.3, 0.4) is 0 Å². The van der Waals surface area contributed by atoms with Crippen LogP contribution in [0.25, 0.3) is 10.1 Å². The molecule has 2 fully saturated rings. The van der Waals surface area contributed by atoms with Crippen LogP contribution in [0.4, 0.5) is 5.82 Å². The molecule has 5 nitrogen and oxygen atoms in total. The van der Waals surface area contributed by atoms with Crippen LogP contribution in [-0.4, -0.2) is 55.2 Å². The number of carbonyl (C=O) groups excluding carboxylic acids is 1. The average Bonchev–Trinajstić information content (AvgIpc) is 3.11. The Morgan fingerprint density at radius 2 is 1.96 bits per heavy atom. The van der Waals surface area contributed by atoms with E-state index in [4.69, 9.17) is 4.74 Å². The van der Waals surface area contributed by atoms with E-state index in [0.717, 1.165) is 44.8 Å². The molecule has 0 unspecified atom stereocenters. The third-order valence-electron chi connectivity index (χ3n) is 4.83.